The predicted octanol–water partition coefficient (Wildman–Crippen LogP) is 3.77. The van der Waals surface area contributed by atoms with Crippen LogP contribution in [0.25, 0.3) is 0 Å². The predicted molar refractivity (Wildman–Crippen MR) is 102 cm³/mol. The van der Waals surface area contributed by atoms with Crippen molar-refractivity contribution in [3.8, 4) is 0 Å². The molecule has 0 spiro atoms. The molecule has 1 aromatic heterocycles. The first-order valence-corrected chi connectivity index (χ1v) is 9.19. The fraction of sp³-hybridized carbons (Fsp3) is 0.412. The molecule has 124 valence electrons. The van der Waals surface area contributed by atoms with Crippen molar-refractivity contribution in [2.45, 2.75) is 26.8 Å². The number of hydrogen-bond donors (Lipinski definition) is 1. The SMILES string of the molecule is CN=C(NCCc1sc(C)nc1C)N(C)Cc1ccc(Br)cc1. The van der Waals surface area contributed by atoms with Gasteiger partial charge in [-0.3, -0.25) is 4.99 Å². The molecule has 0 aliphatic carbocycles. The lowest BCUT2D eigenvalue weighted by Gasteiger charge is -2.22. The molecule has 0 amide bonds. The summed E-state index contributed by atoms with van der Waals surface area (Å²) in [5.41, 5.74) is 2.40. The minimum Gasteiger partial charge on any atom is -0.356 e. The average molecular weight is 395 g/mol. The van der Waals surface area contributed by atoms with Crippen molar-refractivity contribution in [2.75, 3.05) is 20.6 Å². The normalized spacial score (nSPS) is 11.6. The smallest absolute Gasteiger partial charge is 0.193 e. The Balaban J connectivity index is 1.86. The molecular weight excluding hydrogens is 372 g/mol. The van der Waals surface area contributed by atoms with E-state index >= 15 is 0 Å². The summed E-state index contributed by atoms with van der Waals surface area (Å²) in [5, 5.41) is 4.56. The number of thiazole rings is 1. The molecule has 0 radical (unpaired) electrons. The molecule has 0 unspecified atom stereocenters. The number of aryl methyl sites for hydroxylation is 2. The van der Waals surface area contributed by atoms with Crippen LogP contribution in [0.1, 0.15) is 21.1 Å². The van der Waals surface area contributed by atoms with Gasteiger partial charge in [-0.25, -0.2) is 4.98 Å². The third-order valence-electron chi connectivity index (χ3n) is 3.54. The first-order chi connectivity index (χ1) is 11.0. The summed E-state index contributed by atoms with van der Waals surface area (Å²) in [6.07, 6.45) is 0.975. The number of nitrogens with zero attached hydrogens (tertiary/aromatic N) is 3. The van der Waals surface area contributed by atoms with Crippen molar-refractivity contribution in [1.29, 1.82) is 0 Å². The molecule has 4 nitrogen and oxygen atoms in total. The standard InChI is InChI=1S/C17H23BrN4S/c1-12-16(23-13(2)21-12)9-10-20-17(19-3)22(4)11-14-5-7-15(18)8-6-14/h5-8H,9-11H2,1-4H3,(H,19,20). The van der Waals surface area contributed by atoms with Crippen LogP contribution in [0.2, 0.25) is 0 Å². The summed E-state index contributed by atoms with van der Waals surface area (Å²) < 4.78 is 1.10. The number of hydrogen-bond acceptors (Lipinski definition) is 3. The van der Waals surface area contributed by atoms with Gasteiger partial charge < -0.3 is 10.2 Å². The van der Waals surface area contributed by atoms with Gasteiger partial charge in [0.2, 0.25) is 0 Å². The lowest BCUT2D eigenvalue weighted by atomic mass is 10.2. The summed E-state index contributed by atoms with van der Waals surface area (Å²) in [6.45, 7) is 5.82. The highest BCUT2D eigenvalue weighted by Crippen LogP contribution is 2.17. The van der Waals surface area contributed by atoms with Gasteiger partial charge in [-0.05, 0) is 31.5 Å². The average Bonchev–Trinajstić information content (AvgIpc) is 2.84. The molecule has 6 heteroatoms. The van der Waals surface area contributed by atoms with Crippen molar-refractivity contribution in [3.05, 3.63) is 49.9 Å². The van der Waals surface area contributed by atoms with Crippen LogP contribution in [-0.4, -0.2) is 36.5 Å². The molecule has 1 aromatic carbocycles. The van der Waals surface area contributed by atoms with E-state index in [0.29, 0.717) is 0 Å². The van der Waals surface area contributed by atoms with Crippen LogP contribution in [0.15, 0.2) is 33.7 Å². The van der Waals surface area contributed by atoms with Crippen LogP contribution in [-0.2, 0) is 13.0 Å². The van der Waals surface area contributed by atoms with Gasteiger partial charge >= 0.3 is 0 Å². The molecule has 0 atom stereocenters. The summed E-state index contributed by atoms with van der Waals surface area (Å²) in [5.74, 6) is 0.909. The summed E-state index contributed by atoms with van der Waals surface area (Å²) in [6, 6.07) is 8.37. The van der Waals surface area contributed by atoms with E-state index in [1.54, 1.807) is 11.3 Å². The Kier molecular flexibility index (Phi) is 6.59. The quantitative estimate of drug-likeness (QED) is 0.619. The summed E-state index contributed by atoms with van der Waals surface area (Å²) >= 11 is 5.24. The lowest BCUT2D eigenvalue weighted by Crippen LogP contribution is -2.39. The van der Waals surface area contributed by atoms with Crippen molar-refractivity contribution in [1.82, 2.24) is 15.2 Å². The maximum atomic E-state index is 4.47. The zero-order valence-electron chi connectivity index (χ0n) is 14.1. The molecule has 1 N–H and O–H groups in total. The molecule has 2 aromatic rings. The number of nitrogens with one attached hydrogen (secondary N) is 1. The maximum absolute atomic E-state index is 4.47. The van der Waals surface area contributed by atoms with Crippen molar-refractivity contribution >= 4 is 33.2 Å². The molecule has 0 aliphatic heterocycles. The second kappa shape index (κ2) is 8.45. The first kappa shape index (κ1) is 17.9. The van der Waals surface area contributed by atoms with E-state index in [-0.39, 0.29) is 0 Å². The largest absolute Gasteiger partial charge is 0.356 e. The molecule has 0 bridgehead atoms. The van der Waals surface area contributed by atoms with Gasteiger partial charge in [-0.15, -0.1) is 11.3 Å². The third-order valence-corrected chi connectivity index (χ3v) is 5.20. The van der Waals surface area contributed by atoms with Gasteiger partial charge in [0.15, 0.2) is 5.96 Å². The zero-order chi connectivity index (χ0) is 16.8. The summed E-state index contributed by atoms with van der Waals surface area (Å²) in [7, 11) is 3.88. The molecule has 0 saturated heterocycles. The van der Waals surface area contributed by atoms with E-state index < -0.39 is 0 Å². The second-order valence-corrected chi connectivity index (χ2v) is 7.65. The van der Waals surface area contributed by atoms with Gasteiger partial charge in [0.1, 0.15) is 0 Å². The number of benzene rings is 1. The molecule has 0 aliphatic rings. The third kappa shape index (κ3) is 5.32. The van der Waals surface area contributed by atoms with Crippen LogP contribution in [0, 0.1) is 13.8 Å². The fourth-order valence-electron chi connectivity index (χ4n) is 2.42. The number of aliphatic imine (C=N–C) groups is 1. The fourth-order valence-corrected chi connectivity index (χ4v) is 3.62. The Morgan fingerprint density at radius 3 is 2.57 bits per heavy atom. The van der Waals surface area contributed by atoms with Crippen LogP contribution in [0.3, 0.4) is 0 Å². The summed E-state index contributed by atoms with van der Waals surface area (Å²) in [4.78, 5) is 12.3. The lowest BCUT2D eigenvalue weighted by molar-refractivity contribution is 0.477. The zero-order valence-corrected chi connectivity index (χ0v) is 16.5. The number of halogens is 1. The van der Waals surface area contributed by atoms with E-state index in [0.717, 1.165) is 40.6 Å². The molecule has 23 heavy (non-hydrogen) atoms. The topological polar surface area (TPSA) is 40.5 Å². The van der Waals surface area contributed by atoms with Crippen LogP contribution >= 0.6 is 27.3 Å². The number of aromatic nitrogens is 1. The molecule has 2 rings (SSSR count). The second-order valence-electron chi connectivity index (χ2n) is 5.45. The van der Waals surface area contributed by atoms with Crippen molar-refractivity contribution < 1.29 is 0 Å². The Morgan fingerprint density at radius 1 is 1.30 bits per heavy atom. The monoisotopic (exact) mass is 394 g/mol. The van der Waals surface area contributed by atoms with Crippen LogP contribution < -0.4 is 5.32 Å². The highest BCUT2D eigenvalue weighted by molar-refractivity contribution is 9.10. The Labute approximate surface area is 150 Å². The molecular formula is C17H23BrN4S. The van der Waals surface area contributed by atoms with E-state index in [2.05, 4.69) is 81.3 Å². The van der Waals surface area contributed by atoms with Gasteiger partial charge in [-0.1, -0.05) is 28.1 Å². The van der Waals surface area contributed by atoms with E-state index in [1.165, 1.54) is 10.4 Å². The van der Waals surface area contributed by atoms with E-state index in [1.807, 2.05) is 7.05 Å². The Hall–Kier alpha value is -1.40. The van der Waals surface area contributed by atoms with Gasteiger partial charge in [0.05, 0.1) is 10.7 Å². The maximum Gasteiger partial charge on any atom is 0.193 e. The molecule has 1 heterocycles. The minimum absolute atomic E-state index is 0.825. The van der Waals surface area contributed by atoms with E-state index in [4.69, 9.17) is 0 Å². The Bertz CT molecular complexity index is 664. The van der Waals surface area contributed by atoms with E-state index in [9.17, 15) is 0 Å². The highest BCUT2D eigenvalue weighted by atomic mass is 79.9. The van der Waals surface area contributed by atoms with Crippen LogP contribution in [0.4, 0.5) is 0 Å². The minimum atomic E-state index is 0.825. The van der Waals surface area contributed by atoms with Crippen molar-refractivity contribution in [2.24, 2.45) is 4.99 Å². The van der Waals surface area contributed by atoms with Gasteiger partial charge in [-0.2, -0.15) is 0 Å². The molecule has 0 saturated carbocycles. The highest BCUT2D eigenvalue weighted by Gasteiger charge is 2.08. The molecule has 0 fully saturated rings. The van der Waals surface area contributed by atoms with Crippen molar-refractivity contribution in [3.63, 3.8) is 0 Å². The van der Waals surface area contributed by atoms with Crippen LogP contribution in [0.5, 0.6) is 0 Å². The number of rotatable bonds is 5. The number of guanidine groups is 1. The van der Waals surface area contributed by atoms with Gasteiger partial charge in [0, 0.05) is 43.0 Å². The first-order valence-electron chi connectivity index (χ1n) is 7.58. The van der Waals surface area contributed by atoms with Gasteiger partial charge in [0.25, 0.3) is 0 Å². The Morgan fingerprint density at radius 2 is 2.00 bits per heavy atom.